The average Bonchev–Trinajstić information content (AvgIpc) is 2.57. The van der Waals surface area contributed by atoms with Gasteiger partial charge in [0.15, 0.2) is 0 Å². The first-order chi connectivity index (χ1) is 11.9. The second-order valence-electron chi connectivity index (χ2n) is 5.50. The summed E-state index contributed by atoms with van der Waals surface area (Å²) in [6.07, 6.45) is 1.77. The van der Waals surface area contributed by atoms with Crippen LogP contribution in [0, 0.1) is 17.0 Å². The van der Waals surface area contributed by atoms with Crippen LogP contribution in [-0.2, 0) is 0 Å². The SMILES string of the molecule is CCCCOc1ccc([N+](=O)[O-])c(C)c1C(=O)Nc1ccc(Cl)cc1. The molecule has 0 aliphatic heterocycles. The van der Waals surface area contributed by atoms with Gasteiger partial charge in [-0.25, -0.2) is 0 Å². The third-order valence-corrected chi connectivity index (χ3v) is 3.93. The Labute approximate surface area is 150 Å². The van der Waals surface area contributed by atoms with Gasteiger partial charge in [0.1, 0.15) is 5.75 Å². The molecule has 0 aliphatic rings. The number of carbonyl (C=O) groups is 1. The molecule has 0 heterocycles. The van der Waals surface area contributed by atoms with Crippen LogP contribution in [0.2, 0.25) is 5.02 Å². The first-order valence-electron chi connectivity index (χ1n) is 7.91. The van der Waals surface area contributed by atoms with E-state index < -0.39 is 10.8 Å². The van der Waals surface area contributed by atoms with Gasteiger partial charge in [-0.05, 0) is 43.7 Å². The number of ether oxygens (including phenoxy) is 1. The van der Waals surface area contributed by atoms with E-state index >= 15 is 0 Å². The number of nitrogens with zero attached hydrogens (tertiary/aromatic N) is 1. The third kappa shape index (κ3) is 4.70. The van der Waals surface area contributed by atoms with Gasteiger partial charge in [-0.1, -0.05) is 24.9 Å². The number of carbonyl (C=O) groups excluding carboxylic acids is 1. The number of anilines is 1. The summed E-state index contributed by atoms with van der Waals surface area (Å²) < 4.78 is 5.67. The summed E-state index contributed by atoms with van der Waals surface area (Å²) in [6.45, 7) is 4.01. The standard InChI is InChI=1S/C18H19ClN2O4/c1-3-4-11-25-16-10-9-15(21(23)24)12(2)17(16)18(22)20-14-7-5-13(19)6-8-14/h5-10H,3-4,11H2,1-2H3,(H,20,22). The number of hydrogen-bond acceptors (Lipinski definition) is 4. The van der Waals surface area contributed by atoms with Crippen molar-refractivity contribution in [2.75, 3.05) is 11.9 Å². The van der Waals surface area contributed by atoms with E-state index in [0.29, 0.717) is 23.1 Å². The quantitative estimate of drug-likeness (QED) is 0.427. The smallest absolute Gasteiger partial charge is 0.273 e. The van der Waals surface area contributed by atoms with E-state index in [1.54, 1.807) is 31.2 Å². The molecule has 0 aromatic heterocycles. The number of rotatable bonds is 7. The van der Waals surface area contributed by atoms with Gasteiger partial charge in [0, 0.05) is 22.3 Å². The highest BCUT2D eigenvalue weighted by molar-refractivity contribution is 6.30. The molecule has 0 atom stereocenters. The maximum absolute atomic E-state index is 12.7. The Morgan fingerprint density at radius 1 is 1.24 bits per heavy atom. The molecule has 1 N–H and O–H groups in total. The van der Waals surface area contributed by atoms with Crippen molar-refractivity contribution in [3.8, 4) is 5.75 Å². The zero-order chi connectivity index (χ0) is 18.4. The Hall–Kier alpha value is -2.60. The van der Waals surface area contributed by atoms with Crippen LogP contribution < -0.4 is 10.1 Å². The summed E-state index contributed by atoms with van der Waals surface area (Å²) in [4.78, 5) is 23.4. The minimum Gasteiger partial charge on any atom is -0.493 e. The molecule has 25 heavy (non-hydrogen) atoms. The highest BCUT2D eigenvalue weighted by atomic mass is 35.5. The molecule has 0 bridgehead atoms. The minimum atomic E-state index is -0.510. The van der Waals surface area contributed by atoms with Crippen molar-refractivity contribution in [1.29, 1.82) is 0 Å². The lowest BCUT2D eigenvalue weighted by Gasteiger charge is -2.14. The van der Waals surface area contributed by atoms with E-state index in [1.165, 1.54) is 12.1 Å². The van der Waals surface area contributed by atoms with Crippen LogP contribution in [0.1, 0.15) is 35.7 Å². The fourth-order valence-electron chi connectivity index (χ4n) is 2.33. The molecule has 0 fully saturated rings. The lowest BCUT2D eigenvalue weighted by molar-refractivity contribution is -0.385. The molecule has 0 unspecified atom stereocenters. The molecule has 2 aromatic carbocycles. The summed E-state index contributed by atoms with van der Waals surface area (Å²) in [6, 6.07) is 9.44. The van der Waals surface area contributed by atoms with E-state index in [4.69, 9.17) is 16.3 Å². The van der Waals surface area contributed by atoms with Crippen LogP contribution >= 0.6 is 11.6 Å². The highest BCUT2D eigenvalue weighted by Gasteiger charge is 2.23. The lowest BCUT2D eigenvalue weighted by atomic mass is 10.0. The first-order valence-corrected chi connectivity index (χ1v) is 8.29. The third-order valence-electron chi connectivity index (χ3n) is 3.68. The first kappa shape index (κ1) is 18.7. The molecule has 1 amide bonds. The number of halogens is 1. The van der Waals surface area contributed by atoms with E-state index in [1.807, 2.05) is 6.92 Å². The van der Waals surface area contributed by atoms with Crippen molar-refractivity contribution < 1.29 is 14.5 Å². The van der Waals surface area contributed by atoms with Gasteiger partial charge in [-0.2, -0.15) is 0 Å². The number of nitro benzene ring substituents is 1. The maximum Gasteiger partial charge on any atom is 0.273 e. The topological polar surface area (TPSA) is 81.5 Å². The summed E-state index contributed by atoms with van der Waals surface area (Å²) >= 11 is 5.83. The molecule has 0 spiro atoms. The second-order valence-corrected chi connectivity index (χ2v) is 5.94. The molecule has 6 nitrogen and oxygen atoms in total. The normalized spacial score (nSPS) is 10.4. The van der Waals surface area contributed by atoms with Gasteiger partial charge in [0.25, 0.3) is 11.6 Å². The second kappa shape index (κ2) is 8.48. The number of hydrogen-bond donors (Lipinski definition) is 1. The molecule has 7 heteroatoms. The van der Waals surface area contributed by atoms with Crippen LogP contribution in [0.25, 0.3) is 0 Å². The molecule has 0 radical (unpaired) electrons. The summed E-state index contributed by atoms with van der Waals surface area (Å²) in [5, 5.41) is 14.5. The van der Waals surface area contributed by atoms with Gasteiger partial charge >= 0.3 is 0 Å². The van der Waals surface area contributed by atoms with Crippen LogP contribution in [0.5, 0.6) is 5.75 Å². The molecule has 2 rings (SSSR count). The molecule has 2 aromatic rings. The van der Waals surface area contributed by atoms with Crippen LogP contribution in [0.4, 0.5) is 11.4 Å². The van der Waals surface area contributed by atoms with E-state index in [-0.39, 0.29) is 16.8 Å². The van der Waals surface area contributed by atoms with E-state index in [2.05, 4.69) is 5.32 Å². The highest BCUT2D eigenvalue weighted by Crippen LogP contribution is 2.31. The van der Waals surface area contributed by atoms with Crippen molar-refractivity contribution in [3.05, 3.63) is 62.7 Å². The number of nitro groups is 1. The summed E-state index contributed by atoms with van der Waals surface area (Å²) in [5.74, 6) is -0.127. The maximum atomic E-state index is 12.7. The minimum absolute atomic E-state index is 0.121. The van der Waals surface area contributed by atoms with Gasteiger partial charge in [-0.15, -0.1) is 0 Å². The van der Waals surface area contributed by atoms with Crippen LogP contribution in [-0.4, -0.2) is 17.4 Å². The van der Waals surface area contributed by atoms with E-state index in [9.17, 15) is 14.9 Å². The van der Waals surface area contributed by atoms with Gasteiger partial charge in [0.2, 0.25) is 0 Å². The fraction of sp³-hybridized carbons (Fsp3) is 0.278. The Balaban J connectivity index is 2.36. The van der Waals surface area contributed by atoms with Crippen molar-refractivity contribution in [1.82, 2.24) is 0 Å². The number of amides is 1. The van der Waals surface area contributed by atoms with Gasteiger partial charge in [-0.3, -0.25) is 14.9 Å². The summed E-state index contributed by atoms with van der Waals surface area (Å²) in [5.41, 5.74) is 0.856. The van der Waals surface area contributed by atoms with Crippen molar-refractivity contribution >= 4 is 28.9 Å². The van der Waals surface area contributed by atoms with Gasteiger partial charge in [0.05, 0.1) is 17.1 Å². The largest absolute Gasteiger partial charge is 0.493 e. The zero-order valence-corrected chi connectivity index (χ0v) is 14.8. The molecule has 0 saturated carbocycles. The van der Waals surface area contributed by atoms with Crippen LogP contribution in [0.3, 0.4) is 0 Å². The molecular formula is C18H19ClN2O4. The number of nitrogens with one attached hydrogen (secondary N) is 1. The van der Waals surface area contributed by atoms with Crippen molar-refractivity contribution in [3.63, 3.8) is 0 Å². The monoisotopic (exact) mass is 362 g/mol. The summed E-state index contributed by atoms with van der Waals surface area (Å²) in [7, 11) is 0. The predicted octanol–water partition coefficient (Wildman–Crippen LogP) is 4.99. The Kier molecular flexibility index (Phi) is 6.36. The van der Waals surface area contributed by atoms with E-state index in [0.717, 1.165) is 12.8 Å². The Morgan fingerprint density at radius 3 is 2.52 bits per heavy atom. The lowest BCUT2D eigenvalue weighted by Crippen LogP contribution is -2.16. The average molecular weight is 363 g/mol. The van der Waals surface area contributed by atoms with Crippen LogP contribution in [0.15, 0.2) is 36.4 Å². The predicted molar refractivity (Wildman–Crippen MR) is 97.6 cm³/mol. The molecular weight excluding hydrogens is 344 g/mol. The number of unbranched alkanes of at least 4 members (excludes halogenated alkanes) is 1. The van der Waals surface area contributed by atoms with Gasteiger partial charge < -0.3 is 10.1 Å². The Morgan fingerprint density at radius 2 is 1.92 bits per heavy atom. The number of benzene rings is 2. The molecule has 0 saturated heterocycles. The van der Waals surface area contributed by atoms with Crippen molar-refractivity contribution in [2.24, 2.45) is 0 Å². The molecule has 0 aliphatic carbocycles. The fourth-order valence-corrected chi connectivity index (χ4v) is 2.46. The van der Waals surface area contributed by atoms with Crippen molar-refractivity contribution in [2.45, 2.75) is 26.7 Å². The molecule has 132 valence electrons. The zero-order valence-electron chi connectivity index (χ0n) is 14.0. The Bertz CT molecular complexity index is 775.